The Morgan fingerprint density at radius 3 is 2.58 bits per heavy atom. The molecule has 0 bridgehead atoms. The molecule has 0 aromatic carbocycles. The Morgan fingerprint density at radius 2 is 2.08 bits per heavy atom. The summed E-state index contributed by atoms with van der Waals surface area (Å²) < 4.78 is 0. The van der Waals surface area contributed by atoms with Gasteiger partial charge in [0.2, 0.25) is 0 Å². The van der Waals surface area contributed by atoms with Gasteiger partial charge in [0.15, 0.2) is 0 Å². The third-order valence-electron chi connectivity index (χ3n) is 3.09. The molecule has 0 saturated carbocycles. The minimum absolute atomic E-state index is 0.745. The molecule has 1 aliphatic heterocycles. The topological polar surface area (TPSA) is 3.24 Å². The molecule has 2 heteroatoms. The van der Waals surface area contributed by atoms with Crippen LogP contribution in [0.4, 0.5) is 0 Å². The minimum atomic E-state index is 0.745. The summed E-state index contributed by atoms with van der Waals surface area (Å²) in [5, 5.41) is 1.14. The highest BCUT2D eigenvalue weighted by Crippen LogP contribution is 2.24. The van der Waals surface area contributed by atoms with Crippen molar-refractivity contribution in [1.29, 1.82) is 0 Å². The van der Waals surface area contributed by atoms with Gasteiger partial charge < -0.3 is 0 Å². The van der Waals surface area contributed by atoms with Crippen LogP contribution in [-0.2, 0) is 0 Å². The van der Waals surface area contributed by atoms with Gasteiger partial charge in [-0.15, -0.1) is 0 Å². The third-order valence-corrected chi connectivity index (χ3v) is 3.84. The van der Waals surface area contributed by atoms with Gasteiger partial charge >= 0.3 is 0 Å². The van der Waals surface area contributed by atoms with E-state index in [0.29, 0.717) is 0 Å². The molecule has 2 atom stereocenters. The molecular formula is C10H20BrN. The van der Waals surface area contributed by atoms with E-state index < -0.39 is 0 Å². The van der Waals surface area contributed by atoms with Gasteiger partial charge in [-0.3, -0.25) is 4.90 Å². The van der Waals surface area contributed by atoms with E-state index in [0.717, 1.165) is 23.3 Å². The largest absolute Gasteiger partial charge is 0.297 e. The number of hydrogen-bond acceptors (Lipinski definition) is 1. The Balaban J connectivity index is 2.49. The molecular weight excluding hydrogens is 214 g/mol. The third kappa shape index (κ3) is 2.23. The van der Waals surface area contributed by atoms with Crippen LogP contribution in [0.25, 0.3) is 0 Å². The van der Waals surface area contributed by atoms with E-state index in [2.05, 4.69) is 41.6 Å². The quantitative estimate of drug-likeness (QED) is 0.679. The van der Waals surface area contributed by atoms with Crippen LogP contribution in [0.15, 0.2) is 0 Å². The molecule has 1 heterocycles. The molecule has 0 aromatic rings. The van der Waals surface area contributed by atoms with Gasteiger partial charge in [0, 0.05) is 17.4 Å². The summed E-state index contributed by atoms with van der Waals surface area (Å²) in [6, 6.07) is 1.54. The molecule has 0 N–H and O–H groups in total. The highest BCUT2D eigenvalue weighted by atomic mass is 79.9. The fourth-order valence-corrected chi connectivity index (χ4v) is 2.64. The molecule has 0 aliphatic carbocycles. The fourth-order valence-electron chi connectivity index (χ4n) is 1.94. The Hall–Kier alpha value is 0.440. The zero-order valence-corrected chi connectivity index (χ0v) is 9.97. The lowest BCUT2D eigenvalue weighted by Crippen LogP contribution is -2.40. The summed E-state index contributed by atoms with van der Waals surface area (Å²) >= 11 is 3.59. The van der Waals surface area contributed by atoms with Crippen LogP contribution in [0.3, 0.4) is 0 Å². The Morgan fingerprint density at radius 1 is 1.42 bits per heavy atom. The van der Waals surface area contributed by atoms with Crippen molar-refractivity contribution in [2.45, 2.75) is 45.7 Å². The normalized spacial score (nSPS) is 28.2. The number of hydrogen-bond donors (Lipinski definition) is 0. The summed E-state index contributed by atoms with van der Waals surface area (Å²) in [5.41, 5.74) is 0. The molecule has 1 rings (SSSR count). The van der Waals surface area contributed by atoms with Crippen molar-refractivity contribution < 1.29 is 0 Å². The monoisotopic (exact) mass is 233 g/mol. The van der Waals surface area contributed by atoms with Crippen LogP contribution in [0.5, 0.6) is 0 Å². The molecule has 0 amide bonds. The van der Waals surface area contributed by atoms with Crippen molar-refractivity contribution in [1.82, 2.24) is 4.90 Å². The van der Waals surface area contributed by atoms with Crippen LogP contribution in [-0.4, -0.2) is 28.9 Å². The summed E-state index contributed by atoms with van der Waals surface area (Å²) in [7, 11) is 0. The standard InChI is InChI=1S/C10H20BrN/c1-8(2)9(3)12-6-4-5-10(12)7-11/h8-10H,4-7H2,1-3H3/t9?,10-/m1/s1. The molecule has 12 heavy (non-hydrogen) atoms. The number of nitrogens with zero attached hydrogens (tertiary/aromatic N) is 1. The highest BCUT2D eigenvalue weighted by Gasteiger charge is 2.28. The molecule has 1 aliphatic rings. The van der Waals surface area contributed by atoms with Crippen molar-refractivity contribution in [2.24, 2.45) is 5.92 Å². The second kappa shape index (κ2) is 4.61. The molecule has 1 unspecified atom stereocenters. The van der Waals surface area contributed by atoms with Gasteiger partial charge in [0.1, 0.15) is 0 Å². The van der Waals surface area contributed by atoms with Gasteiger partial charge in [0.05, 0.1) is 0 Å². The van der Waals surface area contributed by atoms with Crippen LogP contribution < -0.4 is 0 Å². The van der Waals surface area contributed by atoms with E-state index >= 15 is 0 Å². The minimum Gasteiger partial charge on any atom is -0.297 e. The van der Waals surface area contributed by atoms with Crippen LogP contribution in [0.2, 0.25) is 0 Å². The molecule has 1 saturated heterocycles. The maximum Gasteiger partial charge on any atom is 0.0196 e. The number of likely N-dealkylation sites (tertiary alicyclic amines) is 1. The lowest BCUT2D eigenvalue weighted by molar-refractivity contribution is 0.165. The molecule has 1 nitrogen and oxygen atoms in total. The number of halogens is 1. The van der Waals surface area contributed by atoms with Gasteiger partial charge in [-0.05, 0) is 32.2 Å². The highest BCUT2D eigenvalue weighted by molar-refractivity contribution is 9.09. The Labute approximate surface area is 84.6 Å². The van der Waals surface area contributed by atoms with Gasteiger partial charge in [-0.1, -0.05) is 29.8 Å². The summed E-state index contributed by atoms with van der Waals surface area (Å²) in [6.07, 6.45) is 2.76. The van der Waals surface area contributed by atoms with E-state index in [-0.39, 0.29) is 0 Å². The smallest absolute Gasteiger partial charge is 0.0196 e. The first-order valence-electron chi connectivity index (χ1n) is 4.98. The first kappa shape index (κ1) is 10.5. The summed E-state index contributed by atoms with van der Waals surface area (Å²) in [4.78, 5) is 2.65. The fraction of sp³-hybridized carbons (Fsp3) is 1.00. The summed E-state index contributed by atoms with van der Waals surface area (Å²) in [5.74, 6) is 0.782. The average Bonchev–Trinajstić information content (AvgIpc) is 2.49. The first-order valence-corrected chi connectivity index (χ1v) is 6.10. The molecule has 0 radical (unpaired) electrons. The second-order valence-corrected chi connectivity index (χ2v) is 4.82. The van der Waals surface area contributed by atoms with E-state index in [9.17, 15) is 0 Å². The molecule has 0 spiro atoms. The van der Waals surface area contributed by atoms with Crippen molar-refractivity contribution >= 4 is 15.9 Å². The van der Waals surface area contributed by atoms with Gasteiger partial charge in [-0.2, -0.15) is 0 Å². The van der Waals surface area contributed by atoms with E-state index in [1.165, 1.54) is 19.4 Å². The Kier molecular flexibility index (Phi) is 4.04. The van der Waals surface area contributed by atoms with Crippen LogP contribution >= 0.6 is 15.9 Å². The average molecular weight is 234 g/mol. The van der Waals surface area contributed by atoms with Crippen molar-refractivity contribution in [2.75, 3.05) is 11.9 Å². The zero-order chi connectivity index (χ0) is 9.14. The SMILES string of the molecule is CC(C)C(C)N1CCC[C@@H]1CBr. The number of alkyl halides is 1. The van der Waals surface area contributed by atoms with Crippen molar-refractivity contribution in [3.05, 3.63) is 0 Å². The zero-order valence-electron chi connectivity index (χ0n) is 8.39. The maximum absolute atomic E-state index is 3.59. The lowest BCUT2D eigenvalue weighted by atomic mass is 10.0. The van der Waals surface area contributed by atoms with E-state index in [1.54, 1.807) is 0 Å². The van der Waals surface area contributed by atoms with E-state index in [1.807, 2.05) is 0 Å². The maximum atomic E-state index is 3.59. The van der Waals surface area contributed by atoms with Gasteiger partial charge in [0.25, 0.3) is 0 Å². The molecule has 72 valence electrons. The van der Waals surface area contributed by atoms with Crippen LogP contribution in [0.1, 0.15) is 33.6 Å². The van der Waals surface area contributed by atoms with Gasteiger partial charge in [-0.25, -0.2) is 0 Å². The molecule has 1 fully saturated rings. The van der Waals surface area contributed by atoms with E-state index in [4.69, 9.17) is 0 Å². The Bertz CT molecular complexity index is 136. The van der Waals surface area contributed by atoms with Crippen LogP contribution in [0, 0.1) is 5.92 Å². The second-order valence-electron chi connectivity index (χ2n) is 4.17. The number of rotatable bonds is 3. The lowest BCUT2D eigenvalue weighted by Gasteiger charge is -2.32. The predicted molar refractivity (Wildman–Crippen MR) is 57.8 cm³/mol. The predicted octanol–water partition coefficient (Wildman–Crippen LogP) is 2.89. The summed E-state index contributed by atoms with van der Waals surface area (Å²) in [6.45, 7) is 8.28. The van der Waals surface area contributed by atoms with Crippen molar-refractivity contribution in [3.63, 3.8) is 0 Å². The van der Waals surface area contributed by atoms with Crippen molar-refractivity contribution in [3.8, 4) is 0 Å². The first-order chi connectivity index (χ1) is 5.66. The molecule has 0 aromatic heterocycles.